The lowest BCUT2D eigenvalue weighted by Gasteiger charge is -2.29. The minimum atomic E-state index is -0.496. The van der Waals surface area contributed by atoms with Crippen LogP contribution in [0.5, 0.6) is 5.75 Å². The standard InChI is InChI=1S/C26H29N7O2/c1-26(2,33(3)4)16-18(17-27)24(34)30-20-11-12-22(35-5)21(15-20)31-25-28-14-13-23(32-25)29-19-9-7-6-8-10-19/h6-16H,1-5H3,(H,30,34)(H2,28,29,31,32)/b18-16+. The quantitative estimate of drug-likeness (QED) is 0.304. The zero-order valence-electron chi connectivity index (χ0n) is 20.5. The number of methoxy groups -OCH3 is 1. The van der Waals surface area contributed by atoms with Crippen LogP contribution in [0.3, 0.4) is 0 Å². The van der Waals surface area contributed by atoms with Crippen molar-refractivity contribution < 1.29 is 9.53 Å². The van der Waals surface area contributed by atoms with Crippen molar-refractivity contribution in [2.45, 2.75) is 19.4 Å². The fourth-order valence-corrected chi connectivity index (χ4v) is 2.99. The summed E-state index contributed by atoms with van der Waals surface area (Å²) in [6.45, 7) is 3.85. The van der Waals surface area contributed by atoms with Crippen molar-refractivity contribution in [2.75, 3.05) is 37.2 Å². The number of nitrogens with zero attached hydrogens (tertiary/aromatic N) is 4. The molecule has 9 nitrogen and oxygen atoms in total. The van der Waals surface area contributed by atoms with Crippen LogP contribution >= 0.6 is 0 Å². The molecule has 1 heterocycles. The maximum Gasteiger partial charge on any atom is 0.266 e. The van der Waals surface area contributed by atoms with E-state index in [0.717, 1.165) is 5.69 Å². The van der Waals surface area contributed by atoms with E-state index in [1.807, 2.05) is 69.2 Å². The summed E-state index contributed by atoms with van der Waals surface area (Å²) in [4.78, 5) is 23.5. The molecule has 9 heteroatoms. The number of hydrogen-bond acceptors (Lipinski definition) is 8. The van der Waals surface area contributed by atoms with Crippen LogP contribution < -0.4 is 20.7 Å². The van der Waals surface area contributed by atoms with E-state index in [9.17, 15) is 10.1 Å². The largest absolute Gasteiger partial charge is 0.495 e. The van der Waals surface area contributed by atoms with Crippen LogP contribution in [0, 0.1) is 11.3 Å². The molecule has 0 aliphatic rings. The van der Waals surface area contributed by atoms with E-state index in [4.69, 9.17) is 4.74 Å². The van der Waals surface area contributed by atoms with E-state index in [-0.39, 0.29) is 5.57 Å². The predicted octanol–water partition coefficient (Wildman–Crippen LogP) is 4.70. The molecule has 0 radical (unpaired) electrons. The van der Waals surface area contributed by atoms with Crippen molar-refractivity contribution in [3.63, 3.8) is 0 Å². The summed E-state index contributed by atoms with van der Waals surface area (Å²) in [5.41, 5.74) is 1.50. The summed E-state index contributed by atoms with van der Waals surface area (Å²) in [5, 5.41) is 18.7. The zero-order chi connectivity index (χ0) is 25.4. The smallest absolute Gasteiger partial charge is 0.266 e. The molecule has 0 aliphatic carbocycles. The Balaban J connectivity index is 1.81. The van der Waals surface area contributed by atoms with Crippen LogP contribution in [0.2, 0.25) is 0 Å². The van der Waals surface area contributed by atoms with Crippen LogP contribution in [0.4, 0.5) is 28.8 Å². The number of hydrogen-bond donors (Lipinski definition) is 3. The molecular formula is C26H29N7O2. The average Bonchev–Trinajstić information content (AvgIpc) is 2.83. The molecule has 0 atom stereocenters. The molecule has 0 saturated carbocycles. The van der Waals surface area contributed by atoms with Crippen molar-refractivity contribution in [3.05, 3.63) is 72.4 Å². The molecule has 180 valence electrons. The van der Waals surface area contributed by atoms with Gasteiger partial charge in [-0.3, -0.25) is 4.79 Å². The van der Waals surface area contributed by atoms with Crippen molar-refractivity contribution in [3.8, 4) is 11.8 Å². The Morgan fingerprint density at radius 3 is 2.49 bits per heavy atom. The van der Waals surface area contributed by atoms with Crippen molar-refractivity contribution in [1.29, 1.82) is 5.26 Å². The van der Waals surface area contributed by atoms with E-state index in [0.29, 0.717) is 28.9 Å². The lowest BCUT2D eigenvalue weighted by atomic mass is 10.00. The second-order valence-electron chi connectivity index (χ2n) is 8.47. The minimum Gasteiger partial charge on any atom is -0.495 e. The molecule has 0 spiro atoms. The highest BCUT2D eigenvalue weighted by Gasteiger charge is 2.21. The van der Waals surface area contributed by atoms with Gasteiger partial charge in [0.25, 0.3) is 5.91 Å². The maximum absolute atomic E-state index is 12.8. The Labute approximate surface area is 205 Å². The van der Waals surface area contributed by atoms with E-state index >= 15 is 0 Å². The second-order valence-corrected chi connectivity index (χ2v) is 8.47. The molecule has 35 heavy (non-hydrogen) atoms. The number of aromatic nitrogens is 2. The van der Waals surface area contributed by atoms with E-state index in [2.05, 4.69) is 25.9 Å². The molecule has 0 unspecified atom stereocenters. The Kier molecular flexibility index (Phi) is 8.02. The van der Waals surface area contributed by atoms with E-state index in [1.54, 1.807) is 43.6 Å². The maximum atomic E-state index is 12.8. The fraction of sp³-hybridized carbons (Fsp3) is 0.231. The monoisotopic (exact) mass is 471 g/mol. The number of carbonyl (C=O) groups is 1. The highest BCUT2D eigenvalue weighted by atomic mass is 16.5. The molecule has 0 fully saturated rings. The Morgan fingerprint density at radius 1 is 1.09 bits per heavy atom. The first-order valence-electron chi connectivity index (χ1n) is 10.9. The van der Waals surface area contributed by atoms with Gasteiger partial charge in [-0.05, 0) is 70.4 Å². The first-order valence-corrected chi connectivity index (χ1v) is 10.9. The van der Waals surface area contributed by atoms with E-state index < -0.39 is 11.4 Å². The zero-order valence-corrected chi connectivity index (χ0v) is 20.5. The third-order valence-corrected chi connectivity index (χ3v) is 5.42. The molecule has 2 aromatic carbocycles. The summed E-state index contributed by atoms with van der Waals surface area (Å²) in [6, 6.07) is 18.5. The molecule has 1 aromatic heterocycles. The van der Waals surface area contributed by atoms with Gasteiger partial charge in [-0.2, -0.15) is 10.2 Å². The van der Waals surface area contributed by atoms with E-state index in [1.165, 1.54) is 0 Å². The number of likely N-dealkylation sites (N-methyl/N-ethyl adjacent to an activating group) is 1. The highest BCUT2D eigenvalue weighted by Crippen LogP contribution is 2.30. The van der Waals surface area contributed by atoms with Gasteiger partial charge in [0, 0.05) is 23.1 Å². The molecule has 3 aromatic rings. The fourth-order valence-electron chi connectivity index (χ4n) is 2.99. The number of rotatable bonds is 9. The third kappa shape index (κ3) is 6.79. The van der Waals surface area contributed by atoms with Crippen molar-refractivity contribution in [2.24, 2.45) is 0 Å². The molecule has 3 N–H and O–H groups in total. The van der Waals surface area contributed by atoms with Gasteiger partial charge < -0.3 is 25.6 Å². The summed E-state index contributed by atoms with van der Waals surface area (Å²) in [6.07, 6.45) is 3.28. The van der Waals surface area contributed by atoms with Gasteiger partial charge >= 0.3 is 0 Å². The van der Waals surface area contributed by atoms with Gasteiger partial charge in [-0.1, -0.05) is 18.2 Å². The number of nitrogens with one attached hydrogen (secondary N) is 3. The normalized spacial score (nSPS) is 11.5. The van der Waals surface area contributed by atoms with Gasteiger partial charge in [-0.25, -0.2) is 4.98 Å². The number of anilines is 5. The summed E-state index contributed by atoms with van der Waals surface area (Å²) < 4.78 is 5.45. The van der Waals surface area contributed by atoms with Crippen LogP contribution in [0.1, 0.15) is 13.8 Å². The first-order chi connectivity index (χ1) is 16.7. The summed E-state index contributed by atoms with van der Waals surface area (Å²) in [5.74, 6) is 1.00. The molecule has 0 saturated heterocycles. The third-order valence-electron chi connectivity index (χ3n) is 5.42. The summed E-state index contributed by atoms with van der Waals surface area (Å²) >= 11 is 0. The lowest BCUT2D eigenvalue weighted by Crippen LogP contribution is -2.37. The van der Waals surface area contributed by atoms with Gasteiger partial charge in [0.1, 0.15) is 23.2 Å². The number of carbonyl (C=O) groups excluding carboxylic acids is 1. The lowest BCUT2D eigenvalue weighted by molar-refractivity contribution is -0.112. The highest BCUT2D eigenvalue weighted by molar-refractivity contribution is 6.07. The van der Waals surface area contributed by atoms with Gasteiger partial charge in [0.15, 0.2) is 0 Å². The van der Waals surface area contributed by atoms with Crippen LogP contribution in [0.25, 0.3) is 0 Å². The number of nitriles is 1. The SMILES string of the molecule is COc1ccc(NC(=O)/C(C#N)=C/C(C)(C)N(C)C)cc1Nc1nccc(Nc2ccccc2)n1. The van der Waals surface area contributed by atoms with Crippen LogP contribution in [-0.2, 0) is 4.79 Å². The number of amides is 1. The minimum absolute atomic E-state index is 0.0250. The topological polar surface area (TPSA) is 115 Å². The van der Waals surface area contributed by atoms with Crippen LogP contribution in [-0.4, -0.2) is 47.5 Å². The Morgan fingerprint density at radius 2 is 1.83 bits per heavy atom. The van der Waals surface area contributed by atoms with Crippen molar-refractivity contribution >= 4 is 34.7 Å². The first kappa shape index (κ1) is 25.2. The molecule has 0 bridgehead atoms. The molecule has 1 amide bonds. The van der Waals surface area contributed by atoms with Gasteiger partial charge in [0.05, 0.1) is 12.8 Å². The Bertz CT molecular complexity index is 1250. The predicted molar refractivity (Wildman–Crippen MR) is 138 cm³/mol. The Hall–Kier alpha value is -4.42. The van der Waals surface area contributed by atoms with Crippen LogP contribution in [0.15, 0.2) is 72.4 Å². The number of ether oxygens (including phenoxy) is 1. The van der Waals surface area contributed by atoms with Gasteiger partial charge in [0.2, 0.25) is 5.95 Å². The van der Waals surface area contributed by atoms with Gasteiger partial charge in [-0.15, -0.1) is 0 Å². The molecule has 0 aliphatic heterocycles. The molecular weight excluding hydrogens is 442 g/mol. The number of benzene rings is 2. The second kappa shape index (κ2) is 11.1. The molecule has 3 rings (SSSR count). The number of para-hydroxylation sites is 1. The van der Waals surface area contributed by atoms with Crippen molar-refractivity contribution in [1.82, 2.24) is 14.9 Å². The average molecular weight is 472 g/mol. The summed E-state index contributed by atoms with van der Waals surface area (Å²) in [7, 11) is 5.32.